The van der Waals surface area contributed by atoms with Crippen LogP contribution in [0.25, 0.3) is 10.4 Å². The van der Waals surface area contributed by atoms with E-state index in [2.05, 4.69) is 26.0 Å². The number of ether oxygens (including phenoxy) is 1. The van der Waals surface area contributed by atoms with Crippen LogP contribution >= 0.6 is 27.3 Å². The first kappa shape index (κ1) is 11.3. The van der Waals surface area contributed by atoms with Crippen LogP contribution in [0.3, 0.4) is 0 Å². The molecule has 0 spiro atoms. The molecule has 0 fully saturated rings. The number of hydrogen-bond acceptors (Lipinski definition) is 4. The molecule has 0 aromatic carbocycles. The minimum atomic E-state index is -0.537. The Hall–Kier alpha value is -0.750. The van der Waals surface area contributed by atoms with E-state index < -0.39 is 6.04 Å². The molecule has 1 rings (SSSR count). The normalized spacial score (nSPS) is 11.9. The maximum atomic E-state index is 8.97. The summed E-state index contributed by atoms with van der Waals surface area (Å²) in [5.74, 6) is 0. The lowest BCUT2D eigenvalue weighted by atomic mass is 10.3. The van der Waals surface area contributed by atoms with Gasteiger partial charge >= 0.3 is 0 Å². The number of methoxy groups -OCH3 is 1. The fraction of sp³-hybridized carbons (Fsp3) is 0.429. The summed E-state index contributed by atoms with van der Waals surface area (Å²) in [5.41, 5.74) is 8.27. The van der Waals surface area contributed by atoms with Crippen LogP contribution in [-0.2, 0) is 0 Å². The second kappa shape index (κ2) is 5.21. The van der Waals surface area contributed by atoms with Gasteiger partial charge in [-0.1, -0.05) is 5.11 Å². The van der Waals surface area contributed by atoms with Crippen LogP contribution in [0.5, 0.6) is 5.06 Å². The van der Waals surface area contributed by atoms with Gasteiger partial charge in [-0.3, -0.25) is 0 Å². The van der Waals surface area contributed by atoms with Crippen molar-refractivity contribution in [2.75, 3.05) is 13.7 Å². The summed E-state index contributed by atoms with van der Waals surface area (Å²) < 4.78 is 5.85. The van der Waals surface area contributed by atoms with Gasteiger partial charge in [-0.05, 0) is 27.5 Å². The molecule has 76 valence electrons. The first-order chi connectivity index (χ1) is 6.72. The maximum Gasteiger partial charge on any atom is 0.188 e. The van der Waals surface area contributed by atoms with E-state index in [1.54, 1.807) is 13.2 Å². The van der Waals surface area contributed by atoms with Crippen molar-refractivity contribution in [2.24, 2.45) is 5.11 Å². The van der Waals surface area contributed by atoms with E-state index in [9.17, 15) is 0 Å². The molecule has 5 nitrogen and oxygen atoms in total. The highest BCUT2D eigenvalue weighted by Gasteiger charge is 2.14. The standard InChI is InChI=1S/C7H8BrN3O2S/c1-13-7-4(8)2-6(14-7)5(3-12)10-11-9/h2,5,12H,3H2,1H3. The van der Waals surface area contributed by atoms with Crippen molar-refractivity contribution in [1.29, 1.82) is 0 Å². The second-order valence-corrected chi connectivity index (χ2v) is 4.29. The van der Waals surface area contributed by atoms with Crippen LogP contribution in [0.15, 0.2) is 15.7 Å². The molecule has 0 saturated heterocycles. The average molecular weight is 278 g/mol. The lowest BCUT2D eigenvalue weighted by Crippen LogP contribution is -1.96. The summed E-state index contributed by atoms with van der Waals surface area (Å²) in [6.07, 6.45) is 0. The van der Waals surface area contributed by atoms with Crippen molar-refractivity contribution in [3.63, 3.8) is 0 Å². The maximum absolute atomic E-state index is 8.97. The van der Waals surface area contributed by atoms with Gasteiger partial charge in [0.1, 0.15) is 0 Å². The summed E-state index contributed by atoms with van der Waals surface area (Å²) in [7, 11) is 1.56. The third-order valence-electron chi connectivity index (χ3n) is 1.55. The molecule has 1 atom stereocenters. The van der Waals surface area contributed by atoms with Gasteiger partial charge in [-0.25, -0.2) is 0 Å². The molecule has 0 aliphatic heterocycles. The van der Waals surface area contributed by atoms with E-state index in [0.29, 0.717) is 5.06 Å². The number of aliphatic hydroxyl groups is 1. The van der Waals surface area contributed by atoms with Crippen molar-refractivity contribution in [3.05, 3.63) is 25.9 Å². The predicted molar refractivity (Wildman–Crippen MR) is 57.5 cm³/mol. The van der Waals surface area contributed by atoms with Crippen LogP contribution in [0.1, 0.15) is 10.9 Å². The van der Waals surface area contributed by atoms with Gasteiger partial charge in [0.15, 0.2) is 5.06 Å². The first-order valence-corrected chi connectivity index (χ1v) is 5.32. The molecule has 1 N–H and O–H groups in total. The van der Waals surface area contributed by atoms with Crippen LogP contribution in [0, 0.1) is 0 Å². The van der Waals surface area contributed by atoms with E-state index in [4.69, 9.17) is 15.4 Å². The molecule has 0 bridgehead atoms. The molecular weight excluding hydrogens is 270 g/mol. The summed E-state index contributed by atoms with van der Waals surface area (Å²) in [6.45, 7) is -0.208. The Balaban J connectivity index is 2.99. The van der Waals surface area contributed by atoms with E-state index >= 15 is 0 Å². The van der Waals surface area contributed by atoms with Gasteiger partial charge in [-0.2, -0.15) is 0 Å². The predicted octanol–water partition coefficient (Wildman–Crippen LogP) is 2.86. The Morgan fingerprint density at radius 3 is 3.00 bits per heavy atom. The molecule has 0 radical (unpaired) electrons. The third-order valence-corrected chi connectivity index (χ3v) is 3.60. The van der Waals surface area contributed by atoms with E-state index in [-0.39, 0.29) is 6.61 Å². The molecule has 0 aliphatic rings. The summed E-state index contributed by atoms with van der Waals surface area (Å²) >= 11 is 4.63. The number of hydrogen-bond donors (Lipinski definition) is 1. The molecule has 0 amide bonds. The van der Waals surface area contributed by atoms with Gasteiger partial charge in [-0.15, -0.1) is 11.3 Å². The summed E-state index contributed by atoms with van der Waals surface area (Å²) in [6, 6.07) is 1.24. The molecule has 7 heteroatoms. The zero-order valence-corrected chi connectivity index (χ0v) is 9.75. The molecule has 1 aromatic rings. The average Bonchev–Trinajstić information content (AvgIpc) is 2.56. The number of aliphatic hydroxyl groups excluding tert-OH is 1. The van der Waals surface area contributed by atoms with E-state index in [1.165, 1.54) is 11.3 Å². The Kier molecular flexibility index (Phi) is 4.21. The van der Waals surface area contributed by atoms with Crippen LogP contribution in [0.4, 0.5) is 0 Å². The number of nitrogens with zero attached hydrogens (tertiary/aromatic N) is 3. The van der Waals surface area contributed by atoms with Gasteiger partial charge < -0.3 is 9.84 Å². The Morgan fingerprint density at radius 2 is 2.57 bits per heavy atom. The lowest BCUT2D eigenvalue weighted by molar-refractivity contribution is 0.269. The quantitative estimate of drug-likeness (QED) is 0.522. The van der Waals surface area contributed by atoms with Crippen molar-refractivity contribution in [2.45, 2.75) is 6.04 Å². The third kappa shape index (κ3) is 2.39. The van der Waals surface area contributed by atoms with Crippen molar-refractivity contribution < 1.29 is 9.84 Å². The molecule has 0 saturated carbocycles. The molecule has 1 aromatic heterocycles. The lowest BCUT2D eigenvalue weighted by Gasteiger charge is -2.02. The first-order valence-electron chi connectivity index (χ1n) is 3.71. The summed E-state index contributed by atoms with van der Waals surface area (Å²) in [4.78, 5) is 3.44. The highest BCUT2D eigenvalue weighted by molar-refractivity contribution is 9.10. The topological polar surface area (TPSA) is 78.2 Å². The number of thiophene rings is 1. The molecule has 1 unspecified atom stereocenters. The number of azide groups is 1. The molecular formula is C7H8BrN3O2S. The van der Waals surface area contributed by atoms with E-state index in [0.717, 1.165) is 9.35 Å². The molecule has 0 aliphatic carbocycles. The Labute approximate surface area is 93.1 Å². The van der Waals surface area contributed by atoms with Crippen LogP contribution in [0.2, 0.25) is 0 Å². The smallest absolute Gasteiger partial charge is 0.188 e. The highest BCUT2D eigenvalue weighted by atomic mass is 79.9. The Bertz CT molecular complexity index is 362. The van der Waals surface area contributed by atoms with Crippen molar-refractivity contribution >= 4 is 27.3 Å². The van der Waals surface area contributed by atoms with Gasteiger partial charge in [0, 0.05) is 9.79 Å². The zero-order valence-electron chi connectivity index (χ0n) is 7.35. The van der Waals surface area contributed by atoms with Gasteiger partial charge in [0.25, 0.3) is 0 Å². The molecule has 14 heavy (non-hydrogen) atoms. The SMILES string of the molecule is COc1sc(C(CO)N=[N+]=[N-])cc1Br. The largest absolute Gasteiger partial charge is 0.486 e. The van der Waals surface area contributed by atoms with Gasteiger partial charge in [0.2, 0.25) is 0 Å². The minimum Gasteiger partial charge on any atom is -0.486 e. The van der Waals surface area contributed by atoms with Gasteiger partial charge in [0.05, 0.1) is 24.2 Å². The molecule has 1 heterocycles. The van der Waals surface area contributed by atoms with Crippen LogP contribution < -0.4 is 4.74 Å². The van der Waals surface area contributed by atoms with Crippen molar-refractivity contribution in [3.8, 4) is 5.06 Å². The van der Waals surface area contributed by atoms with Crippen LogP contribution in [-0.4, -0.2) is 18.8 Å². The highest BCUT2D eigenvalue weighted by Crippen LogP contribution is 2.38. The summed E-state index contributed by atoms with van der Waals surface area (Å²) in [5, 5.41) is 13.1. The monoisotopic (exact) mass is 277 g/mol. The van der Waals surface area contributed by atoms with Crippen molar-refractivity contribution in [1.82, 2.24) is 0 Å². The fourth-order valence-electron chi connectivity index (χ4n) is 0.918. The zero-order chi connectivity index (χ0) is 10.6. The second-order valence-electron chi connectivity index (χ2n) is 2.39. The fourth-order valence-corrected chi connectivity index (χ4v) is 2.61. The Morgan fingerprint density at radius 1 is 1.86 bits per heavy atom. The number of rotatable bonds is 4. The minimum absolute atomic E-state index is 0.208. The van der Waals surface area contributed by atoms with E-state index in [1.807, 2.05) is 0 Å². The number of halogens is 1.